The second kappa shape index (κ2) is 3.67. The minimum atomic E-state index is 0.737. The maximum absolute atomic E-state index is 4.09. The topological polar surface area (TPSA) is 42.7 Å². The van der Waals surface area contributed by atoms with Crippen LogP contribution in [0.15, 0.2) is 12.7 Å². The molecule has 1 aromatic heterocycles. The third-order valence-corrected chi connectivity index (χ3v) is 2.31. The molecule has 0 amide bonds. The maximum atomic E-state index is 4.09. The van der Waals surface area contributed by atoms with Crippen LogP contribution in [0.3, 0.4) is 0 Å². The van der Waals surface area contributed by atoms with Crippen LogP contribution in [0.25, 0.3) is 0 Å². The smallest absolute Gasteiger partial charge is 0.137 e. The van der Waals surface area contributed by atoms with E-state index in [1.807, 2.05) is 4.68 Å². The van der Waals surface area contributed by atoms with Gasteiger partial charge in [0.2, 0.25) is 0 Å². The number of nitrogens with one attached hydrogen (secondary N) is 1. The molecular formula is C8H14N4. The van der Waals surface area contributed by atoms with Gasteiger partial charge < -0.3 is 5.32 Å². The molecule has 12 heavy (non-hydrogen) atoms. The van der Waals surface area contributed by atoms with Crippen LogP contribution in [-0.4, -0.2) is 27.9 Å². The molecule has 2 rings (SSSR count). The highest BCUT2D eigenvalue weighted by atomic mass is 15.3. The summed E-state index contributed by atoms with van der Waals surface area (Å²) in [5.74, 6) is 0.737. The Morgan fingerprint density at radius 3 is 3.25 bits per heavy atom. The minimum absolute atomic E-state index is 0.737. The zero-order valence-electron chi connectivity index (χ0n) is 7.11. The molecule has 0 saturated carbocycles. The summed E-state index contributed by atoms with van der Waals surface area (Å²) in [6, 6.07) is 0. The van der Waals surface area contributed by atoms with Gasteiger partial charge in [-0.3, -0.25) is 4.68 Å². The number of piperidine rings is 1. The summed E-state index contributed by atoms with van der Waals surface area (Å²) in [7, 11) is 0. The second-order valence-electron chi connectivity index (χ2n) is 3.33. The van der Waals surface area contributed by atoms with E-state index in [1.54, 1.807) is 12.7 Å². The van der Waals surface area contributed by atoms with Gasteiger partial charge in [0.15, 0.2) is 0 Å². The first kappa shape index (κ1) is 7.73. The van der Waals surface area contributed by atoms with Gasteiger partial charge in [-0.2, -0.15) is 5.10 Å². The first-order valence-corrected chi connectivity index (χ1v) is 4.48. The Balaban J connectivity index is 1.86. The van der Waals surface area contributed by atoms with Gasteiger partial charge in [0, 0.05) is 6.54 Å². The van der Waals surface area contributed by atoms with E-state index in [9.17, 15) is 0 Å². The Morgan fingerprint density at radius 2 is 2.58 bits per heavy atom. The van der Waals surface area contributed by atoms with E-state index in [0.717, 1.165) is 19.0 Å². The molecule has 1 aliphatic heterocycles. The average molecular weight is 166 g/mol. The predicted octanol–water partition coefficient (Wildman–Crippen LogP) is 0.278. The number of hydrogen-bond acceptors (Lipinski definition) is 3. The molecule has 1 N–H and O–H groups in total. The Labute approximate surface area is 72.0 Å². The molecule has 0 spiro atoms. The molecule has 0 unspecified atom stereocenters. The molecule has 0 aromatic carbocycles. The van der Waals surface area contributed by atoms with Gasteiger partial charge >= 0.3 is 0 Å². The molecule has 1 saturated heterocycles. The van der Waals surface area contributed by atoms with E-state index in [2.05, 4.69) is 15.4 Å². The zero-order chi connectivity index (χ0) is 8.23. The van der Waals surface area contributed by atoms with Gasteiger partial charge in [0.25, 0.3) is 0 Å². The van der Waals surface area contributed by atoms with Gasteiger partial charge in [0.1, 0.15) is 12.7 Å². The lowest BCUT2D eigenvalue weighted by Crippen LogP contribution is -2.32. The average Bonchev–Trinajstić information content (AvgIpc) is 2.59. The summed E-state index contributed by atoms with van der Waals surface area (Å²) in [6.45, 7) is 3.31. The largest absolute Gasteiger partial charge is 0.316 e. The Kier molecular flexibility index (Phi) is 2.36. The van der Waals surface area contributed by atoms with Crippen LogP contribution in [0.2, 0.25) is 0 Å². The van der Waals surface area contributed by atoms with Crippen molar-refractivity contribution in [3.8, 4) is 0 Å². The van der Waals surface area contributed by atoms with Crippen molar-refractivity contribution >= 4 is 0 Å². The van der Waals surface area contributed by atoms with Gasteiger partial charge in [0.05, 0.1) is 0 Å². The van der Waals surface area contributed by atoms with Crippen molar-refractivity contribution in [3.63, 3.8) is 0 Å². The van der Waals surface area contributed by atoms with Crippen LogP contribution < -0.4 is 5.32 Å². The predicted molar refractivity (Wildman–Crippen MR) is 45.6 cm³/mol. The molecule has 1 atom stereocenters. The van der Waals surface area contributed by atoms with E-state index in [1.165, 1.54) is 19.4 Å². The Morgan fingerprint density at radius 1 is 1.58 bits per heavy atom. The molecule has 0 radical (unpaired) electrons. The molecule has 2 heterocycles. The SMILES string of the molecule is c1ncn(C[C@H]2CCCNC2)n1. The molecule has 0 aliphatic carbocycles. The number of rotatable bonds is 2. The lowest BCUT2D eigenvalue weighted by molar-refractivity contribution is 0.325. The van der Waals surface area contributed by atoms with Crippen molar-refractivity contribution in [2.24, 2.45) is 5.92 Å². The quantitative estimate of drug-likeness (QED) is 0.686. The summed E-state index contributed by atoms with van der Waals surface area (Å²) < 4.78 is 1.91. The summed E-state index contributed by atoms with van der Waals surface area (Å²) in [6.07, 6.45) is 5.98. The van der Waals surface area contributed by atoms with Crippen molar-refractivity contribution in [2.45, 2.75) is 19.4 Å². The van der Waals surface area contributed by atoms with E-state index in [4.69, 9.17) is 0 Å². The molecule has 66 valence electrons. The fourth-order valence-electron chi connectivity index (χ4n) is 1.67. The van der Waals surface area contributed by atoms with Gasteiger partial charge in [-0.25, -0.2) is 4.98 Å². The number of hydrogen-bond donors (Lipinski definition) is 1. The van der Waals surface area contributed by atoms with Gasteiger partial charge in [-0.1, -0.05) is 0 Å². The molecular weight excluding hydrogens is 152 g/mol. The second-order valence-corrected chi connectivity index (χ2v) is 3.33. The highest BCUT2D eigenvalue weighted by molar-refractivity contribution is 4.69. The standard InChI is InChI=1S/C8H14N4/c1-2-8(4-9-3-1)5-12-7-10-6-11-12/h6-9H,1-5H2/t8-/m0/s1. The van der Waals surface area contributed by atoms with Crippen LogP contribution in [0.1, 0.15) is 12.8 Å². The van der Waals surface area contributed by atoms with Crippen LogP contribution in [-0.2, 0) is 6.54 Å². The monoisotopic (exact) mass is 166 g/mol. The first-order valence-electron chi connectivity index (χ1n) is 4.48. The third kappa shape index (κ3) is 1.82. The fourth-order valence-corrected chi connectivity index (χ4v) is 1.67. The van der Waals surface area contributed by atoms with Crippen LogP contribution in [0.4, 0.5) is 0 Å². The summed E-state index contributed by atoms with van der Waals surface area (Å²) in [5.41, 5.74) is 0. The fraction of sp³-hybridized carbons (Fsp3) is 0.750. The van der Waals surface area contributed by atoms with E-state index >= 15 is 0 Å². The Bertz CT molecular complexity index is 213. The Hall–Kier alpha value is -0.900. The van der Waals surface area contributed by atoms with Crippen LogP contribution in [0, 0.1) is 5.92 Å². The molecule has 4 nitrogen and oxygen atoms in total. The number of nitrogens with zero attached hydrogens (tertiary/aromatic N) is 3. The minimum Gasteiger partial charge on any atom is -0.316 e. The normalized spacial score (nSPS) is 24.2. The third-order valence-electron chi connectivity index (χ3n) is 2.31. The van der Waals surface area contributed by atoms with Gasteiger partial charge in [-0.05, 0) is 31.8 Å². The van der Waals surface area contributed by atoms with Crippen molar-refractivity contribution in [1.29, 1.82) is 0 Å². The molecule has 1 aromatic rings. The first-order chi connectivity index (χ1) is 5.95. The van der Waals surface area contributed by atoms with E-state index < -0.39 is 0 Å². The summed E-state index contributed by atoms with van der Waals surface area (Å²) >= 11 is 0. The summed E-state index contributed by atoms with van der Waals surface area (Å²) in [4.78, 5) is 3.92. The molecule has 4 heteroatoms. The summed E-state index contributed by atoms with van der Waals surface area (Å²) in [5, 5.41) is 7.47. The van der Waals surface area contributed by atoms with Gasteiger partial charge in [-0.15, -0.1) is 0 Å². The highest BCUT2D eigenvalue weighted by Gasteiger charge is 2.13. The molecule has 0 bridgehead atoms. The van der Waals surface area contributed by atoms with Crippen molar-refractivity contribution in [3.05, 3.63) is 12.7 Å². The lowest BCUT2D eigenvalue weighted by atomic mass is 10.00. The van der Waals surface area contributed by atoms with E-state index in [-0.39, 0.29) is 0 Å². The van der Waals surface area contributed by atoms with Crippen molar-refractivity contribution in [1.82, 2.24) is 20.1 Å². The molecule has 1 aliphatic rings. The van der Waals surface area contributed by atoms with E-state index in [0.29, 0.717) is 0 Å². The zero-order valence-corrected chi connectivity index (χ0v) is 7.11. The number of aromatic nitrogens is 3. The van der Waals surface area contributed by atoms with Crippen molar-refractivity contribution in [2.75, 3.05) is 13.1 Å². The molecule has 1 fully saturated rings. The maximum Gasteiger partial charge on any atom is 0.137 e. The van der Waals surface area contributed by atoms with Crippen LogP contribution in [0.5, 0.6) is 0 Å². The lowest BCUT2D eigenvalue weighted by Gasteiger charge is -2.22. The van der Waals surface area contributed by atoms with Crippen LogP contribution >= 0.6 is 0 Å². The highest BCUT2D eigenvalue weighted by Crippen LogP contribution is 2.11. The van der Waals surface area contributed by atoms with Crippen molar-refractivity contribution < 1.29 is 0 Å².